The van der Waals surface area contributed by atoms with Gasteiger partial charge in [-0.2, -0.15) is 5.10 Å². The summed E-state index contributed by atoms with van der Waals surface area (Å²) in [5.74, 6) is 0.692. The number of rotatable bonds is 5. The van der Waals surface area contributed by atoms with Crippen LogP contribution in [0.2, 0.25) is 5.02 Å². The van der Waals surface area contributed by atoms with E-state index in [4.69, 9.17) is 21.1 Å². The van der Waals surface area contributed by atoms with E-state index in [1.807, 2.05) is 19.1 Å². The second kappa shape index (κ2) is 6.26. The van der Waals surface area contributed by atoms with Crippen molar-refractivity contribution < 1.29 is 9.47 Å². The zero-order chi connectivity index (χ0) is 16.4. The van der Waals surface area contributed by atoms with Crippen molar-refractivity contribution in [3.63, 3.8) is 0 Å². The zero-order valence-electron chi connectivity index (χ0n) is 13.6. The summed E-state index contributed by atoms with van der Waals surface area (Å²) >= 11 is 5.93. The Labute approximate surface area is 136 Å². The van der Waals surface area contributed by atoms with Crippen LogP contribution < -0.4 is 4.74 Å². The Bertz CT molecular complexity index is 593. The van der Waals surface area contributed by atoms with Crippen LogP contribution in [0.1, 0.15) is 33.9 Å². The Hall–Kier alpha value is -1.59. The van der Waals surface area contributed by atoms with Gasteiger partial charge in [-0.1, -0.05) is 32.4 Å². The van der Waals surface area contributed by atoms with Crippen molar-refractivity contribution in [2.24, 2.45) is 5.41 Å². The maximum Gasteiger partial charge on any atom is 0.221 e. The van der Waals surface area contributed by atoms with E-state index in [0.717, 1.165) is 0 Å². The molecule has 6 heteroatoms. The first-order chi connectivity index (χ1) is 10.3. The molecule has 0 saturated heterocycles. The number of aromatic nitrogens is 3. The normalized spacial score (nSPS) is 16.1. The molecule has 2 rings (SSSR count). The fourth-order valence-corrected chi connectivity index (χ4v) is 2.30. The minimum atomic E-state index is -0.625. The Kier molecular flexibility index (Phi) is 4.78. The molecule has 2 atom stereocenters. The van der Waals surface area contributed by atoms with Gasteiger partial charge in [0.1, 0.15) is 24.0 Å². The average Bonchev–Trinajstić information content (AvgIpc) is 2.98. The van der Waals surface area contributed by atoms with Crippen LogP contribution in [0, 0.1) is 5.41 Å². The van der Waals surface area contributed by atoms with E-state index in [-0.39, 0.29) is 5.41 Å². The average molecular weight is 324 g/mol. The molecule has 0 saturated carbocycles. The number of benzene rings is 1. The van der Waals surface area contributed by atoms with Gasteiger partial charge in [0.25, 0.3) is 0 Å². The van der Waals surface area contributed by atoms with E-state index in [1.54, 1.807) is 30.3 Å². The van der Waals surface area contributed by atoms with Gasteiger partial charge in [-0.15, -0.1) is 0 Å². The zero-order valence-corrected chi connectivity index (χ0v) is 14.3. The predicted molar refractivity (Wildman–Crippen MR) is 86.0 cm³/mol. The van der Waals surface area contributed by atoms with Crippen molar-refractivity contribution in [2.45, 2.75) is 39.5 Å². The molecule has 0 aliphatic rings. The molecule has 2 aromatic rings. The second-order valence-corrected chi connectivity index (χ2v) is 6.80. The molecule has 0 N–H and O–H groups in total. The maximum atomic E-state index is 6.17. The number of ether oxygens (including phenoxy) is 2. The van der Waals surface area contributed by atoms with E-state index in [2.05, 4.69) is 30.9 Å². The maximum absolute atomic E-state index is 6.17. The molecule has 0 bridgehead atoms. The fourth-order valence-electron chi connectivity index (χ4n) is 2.18. The van der Waals surface area contributed by atoms with Crippen LogP contribution in [-0.4, -0.2) is 27.5 Å². The third kappa shape index (κ3) is 3.25. The highest BCUT2D eigenvalue weighted by Gasteiger charge is 2.48. The Morgan fingerprint density at radius 1 is 1.14 bits per heavy atom. The van der Waals surface area contributed by atoms with E-state index in [0.29, 0.717) is 10.8 Å². The molecular weight excluding hydrogens is 302 g/mol. The van der Waals surface area contributed by atoms with Crippen LogP contribution in [-0.2, 0) is 4.74 Å². The second-order valence-electron chi connectivity index (χ2n) is 6.36. The number of methoxy groups -OCH3 is 1. The van der Waals surface area contributed by atoms with Gasteiger partial charge in [-0.25, -0.2) is 9.67 Å². The first-order valence-electron chi connectivity index (χ1n) is 7.09. The van der Waals surface area contributed by atoms with Crippen molar-refractivity contribution >= 4 is 11.6 Å². The third-order valence-electron chi connectivity index (χ3n) is 4.12. The molecule has 2 unspecified atom stereocenters. The number of nitrogens with zero attached hydrogens (tertiary/aromatic N) is 3. The lowest BCUT2D eigenvalue weighted by atomic mass is 9.76. The molecule has 5 nitrogen and oxygen atoms in total. The van der Waals surface area contributed by atoms with Crippen molar-refractivity contribution in [1.29, 1.82) is 0 Å². The van der Waals surface area contributed by atoms with Crippen LogP contribution in [0.25, 0.3) is 0 Å². The van der Waals surface area contributed by atoms with Gasteiger partial charge in [0.2, 0.25) is 6.23 Å². The summed E-state index contributed by atoms with van der Waals surface area (Å²) in [4.78, 5) is 4.02. The van der Waals surface area contributed by atoms with E-state index in [1.165, 1.54) is 6.33 Å². The Morgan fingerprint density at radius 2 is 1.77 bits per heavy atom. The Balaban J connectivity index is 2.41. The summed E-state index contributed by atoms with van der Waals surface area (Å²) in [6, 6.07) is 7.23. The number of hydrogen-bond donors (Lipinski definition) is 0. The third-order valence-corrected chi connectivity index (χ3v) is 4.37. The summed E-state index contributed by atoms with van der Waals surface area (Å²) in [7, 11) is 1.68. The summed E-state index contributed by atoms with van der Waals surface area (Å²) < 4.78 is 13.7. The van der Waals surface area contributed by atoms with Gasteiger partial charge in [0, 0.05) is 12.1 Å². The molecular formula is C16H22ClN3O2. The monoisotopic (exact) mass is 323 g/mol. The summed E-state index contributed by atoms with van der Waals surface area (Å²) in [6.07, 6.45) is 2.64. The first kappa shape index (κ1) is 16.8. The molecule has 0 amide bonds. The van der Waals surface area contributed by atoms with Crippen LogP contribution >= 0.6 is 11.6 Å². The topological polar surface area (TPSA) is 49.2 Å². The molecule has 1 aromatic heterocycles. The number of halogens is 1. The highest BCUT2D eigenvalue weighted by atomic mass is 35.5. The summed E-state index contributed by atoms with van der Waals surface area (Å²) in [5, 5.41) is 4.89. The smallest absolute Gasteiger partial charge is 0.221 e. The summed E-state index contributed by atoms with van der Waals surface area (Å²) in [5.41, 5.74) is -0.814. The lowest BCUT2D eigenvalue weighted by Gasteiger charge is -2.45. The van der Waals surface area contributed by atoms with Gasteiger partial charge in [-0.3, -0.25) is 0 Å². The van der Waals surface area contributed by atoms with Crippen LogP contribution in [0.4, 0.5) is 0 Å². The lowest BCUT2D eigenvalue weighted by molar-refractivity contribution is -0.173. The van der Waals surface area contributed by atoms with Crippen LogP contribution in [0.15, 0.2) is 36.9 Å². The van der Waals surface area contributed by atoms with E-state index >= 15 is 0 Å². The largest absolute Gasteiger partial charge is 0.466 e. The van der Waals surface area contributed by atoms with Gasteiger partial charge in [-0.05, 0) is 36.6 Å². The van der Waals surface area contributed by atoms with Crippen molar-refractivity contribution in [3.8, 4) is 5.75 Å². The first-order valence-corrected chi connectivity index (χ1v) is 7.47. The van der Waals surface area contributed by atoms with Crippen molar-refractivity contribution in [3.05, 3.63) is 41.9 Å². The molecule has 0 spiro atoms. The molecule has 1 aromatic carbocycles. The van der Waals surface area contributed by atoms with Gasteiger partial charge < -0.3 is 9.47 Å². The summed E-state index contributed by atoms with van der Waals surface area (Å²) in [6.45, 7) is 8.32. The Morgan fingerprint density at radius 3 is 2.23 bits per heavy atom. The highest BCUT2D eigenvalue weighted by Crippen LogP contribution is 2.42. The molecule has 22 heavy (non-hydrogen) atoms. The predicted octanol–water partition coefficient (Wildman–Crippen LogP) is 3.96. The molecule has 0 radical (unpaired) electrons. The van der Waals surface area contributed by atoms with Gasteiger partial charge >= 0.3 is 0 Å². The van der Waals surface area contributed by atoms with Crippen LogP contribution in [0.5, 0.6) is 5.75 Å². The van der Waals surface area contributed by atoms with E-state index < -0.39 is 11.8 Å². The van der Waals surface area contributed by atoms with Crippen molar-refractivity contribution in [1.82, 2.24) is 14.8 Å². The highest BCUT2D eigenvalue weighted by molar-refractivity contribution is 6.30. The molecule has 0 aliphatic heterocycles. The fraction of sp³-hybridized carbons (Fsp3) is 0.500. The minimum absolute atomic E-state index is 0.190. The molecule has 0 aliphatic carbocycles. The quantitative estimate of drug-likeness (QED) is 0.835. The molecule has 0 fully saturated rings. The standard InChI is InChI=1S/C16H22ClN3O2/c1-15(2,3)16(4,21-5)14(20-11-18-10-19-20)22-13-8-6-12(17)7-9-13/h6-11,14H,1-5H3. The SMILES string of the molecule is COC(C)(C(Oc1ccc(Cl)cc1)n1cncn1)C(C)(C)C. The van der Waals surface area contributed by atoms with Crippen LogP contribution in [0.3, 0.4) is 0 Å². The number of hydrogen-bond acceptors (Lipinski definition) is 4. The van der Waals surface area contributed by atoms with Crippen molar-refractivity contribution in [2.75, 3.05) is 7.11 Å². The minimum Gasteiger partial charge on any atom is -0.466 e. The molecule has 1 heterocycles. The lowest BCUT2D eigenvalue weighted by Crippen LogP contribution is -2.51. The van der Waals surface area contributed by atoms with Gasteiger partial charge in [0.15, 0.2) is 0 Å². The molecule has 120 valence electrons. The van der Waals surface area contributed by atoms with E-state index in [9.17, 15) is 0 Å². The van der Waals surface area contributed by atoms with Gasteiger partial charge in [0.05, 0.1) is 0 Å².